The van der Waals surface area contributed by atoms with Crippen molar-refractivity contribution >= 4 is 9.84 Å². The molecule has 102 valence electrons. The average molecular weight is 273 g/mol. The number of nitrogens with one attached hydrogen (secondary N) is 1. The van der Waals surface area contributed by atoms with Crippen LogP contribution in [0.25, 0.3) is 0 Å². The van der Waals surface area contributed by atoms with Crippen LogP contribution in [0.1, 0.15) is 27.2 Å². The zero-order valence-electron chi connectivity index (χ0n) is 11.0. The first kappa shape index (κ1) is 15.1. The van der Waals surface area contributed by atoms with Crippen molar-refractivity contribution in [2.75, 3.05) is 6.54 Å². The van der Waals surface area contributed by atoms with Gasteiger partial charge in [-0.1, -0.05) is 19.1 Å². The van der Waals surface area contributed by atoms with Gasteiger partial charge in [0.25, 0.3) is 0 Å². The lowest BCUT2D eigenvalue weighted by molar-refractivity contribution is 0.505. The molecule has 0 aliphatic rings. The first-order valence-corrected chi connectivity index (χ1v) is 7.66. The minimum Gasteiger partial charge on any atom is -0.314 e. The van der Waals surface area contributed by atoms with Crippen molar-refractivity contribution in [3.63, 3.8) is 0 Å². The molecule has 0 heterocycles. The van der Waals surface area contributed by atoms with Gasteiger partial charge in [-0.3, -0.25) is 0 Å². The summed E-state index contributed by atoms with van der Waals surface area (Å²) in [7, 11) is -3.60. The molecule has 2 atom stereocenters. The lowest BCUT2D eigenvalue weighted by Gasteiger charge is -2.18. The number of hydrogen-bond donors (Lipinski definition) is 1. The number of sulfone groups is 1. The van der Waals surface area contributed by atoms with Gasteiger partial charge in [-0.15, -0.1) is 0 Å². The highest BCUT2D eigenvalue weighted by Gasteiger charge is 2.27. The predicted molar refractivity (Wildman–Crippen MR) is 70.8 cm³/mol. The Morgan fingerprint density at radius 2 is 1.89 bits per heavy atom. The maximum Gasteiger partial charge on any atom is 0.183 e. The quantitative estimate of drug-likeness (QED) is 0.865. The van der Waals surface area contributed by atoms with Gasteiger partial charge in [0.2, 0.25) is 0 Å². The monoisotopic (exact) mass is 273 g/mol. The molecule has 0 amide bonds. The molecule has 5 heteroatoms. The average Bonchev–Trinajstić information content (AvgIpc) is 2.29. The molecule has 1 rings (SSSR count). The molecule has 0 aliphatic heterocycles. The Labute approximate surface area is 108 Å². The Hall–Kier alpha value is -0.940. The van der Waals surface area contributed by atoms with Gasteiger partial charge < -0.3 is 5.32 Å². The summed E-state index contributed by atoms with van der Waals surface area (Å²) in [6.07, 6.45) is 0.463. The minimum atomic E-state index is -3.60. The van der Waals surface area contributed by atoms with Crippen molar-refractivity contribution in [1.82, 2.24) is 5.32 Å². The summed E-state index contributed by atoms with van der Waals surface area (Å²) in [5.74, 6) is -0.680. The number of halogens is 1. The maximum atomic E-state index is 13.5. The fourth-order valence-electron chi connectivity index (χ4n) is 1.95. The van der Waals surface area contributed by atoms with E-state index in [1.165, 1.54) is 24.3 Å². The minimum absolute atomic E-state index is 0.0894. The van der Waals surface area contributed by atoms with E-state index in [9.17, 15) is 12.8 Å². The van der Waals surface area contributed by atoms with Crippen LogP contribution in [0.4, 0.5) is 4.39 Å². The molecule has 0 radical (unpaired) electrons. The van der Waals surface area contributed by atoms with Crippen LogP contribution in [0, 0.1) is 5.82 Å². The molecular formula is C13H20FNO2S. The first-order chi connectivity index (χ1) is 8.39. The molecule has 1 N–H and O–H groups in total. The van der Waals surface area contributed by atoms with E-state index in [0.29, 0.717) is 6.42 Å². The highest BCUT2D eigenvalue weighted by molar-refractivity contribution is 7.92. The van der Waals surface area contributed by atoms with Crippen LogP contribution in [0.3, 0.4) is 0 Å². The third-order valence-corrected chi connectivity index (χ3v) is 5.11. The fourth-order valence-corrected chi connectivity index (χ4v) is 3.53. The van der Waals surface area contributed by atoms with Crippen LogP contribution in [-0.2, 0) is 9.84 Å². The normalized spacial score (nSPS) is 15.3. The summed E-state index contributed by atoms with van der Waals surface area (Å²) in [6, 6.07) is 5.61. The van der Waals surface area contributed by atoms with Gasteiger partial charge in [-0.05, 0) is 38.9 Å². The number of benzene rings is 1. The molecule has 0 bridgehead atoms. The summed E-state index contributed by atoms with van der Waals surface area (Å²) in [6.45, 7) is 6.30. The Morgan fingerprint density at radius 3 is 2.44 bits per heavy atom. The number of rotatable bonds is 6. The second kappa shape index (κ2) is 6.29. The smallest absolute Gasteiger partial charge is 0.183 e. The van der Waals surface area contributed by atoms with Crippen LogP contribution < -0.4 is 5.32 Å². The van der Waals surface area contributed by atoms with Gasteiger partial charge in [0.15, 0.2) is 9.84 Å². The second-order valence-electron chi connectivity index (χ2n) is 4.48. The summed E-state index contributed by atoms with van der Waals surface area (Å²) in [5, 5.41) is 2.55. The Bertz CT molecular complexity index is 488. The number of hydrogen-bond acceptors (Lipinski definition) is 3. The molecule has 1 aromatic rings. The van der Waals surface area contributed by atoms with Crippen molar-refractivity contribution in [2.45, 2.75) is 43.4 Å². The second-order valence-corrected chi connectivity index (χ2v) is 6.82. The first-order valence-electron chi connectivity index (χ1n) is 6.11. The van der Waals surface area contributed by atoms with E-state index < -0.39 is 20.9 Å². The lowest BCUT2D eigenvalue weighted by Crippen LogP contribution is -2.32. The van der Waals surface area contributed by atoms with Crippen LogP contribution in [-0.4, -0.2) is 26.3 Å². The zero-order chi connectivity index (χ0) is 13.8. The summed E-state index contributed by atoms with van der Waals surface area (Å²) in [4.78, 5) is -0.207. The van der Waals surface area contributed by atoms with E-state index in [4.69, 9.17) is 0 Å². The van der Waals surface area contributed by atoms with Crippen LogP contribution >= 0.6 is 0 Å². The lowest BCUT2D eigenvalue weighted by atomic mass is 10.2. The molecule has 0 fully saturated rings. The van der Waals surface area contributed by atoms with Gasteiger partial charge in [0.05, 0.1) is 5.25 Å². The van der Waals surface area contributed by atoms with Gasteiger partial charge in [0.1, 0.15) is 10.7 Å². The third-order valence-electron chi connectivity index (χ3n) is 2.91. The standard InChI is InChI=1S/C13H20FNO2S/c1-4-15-10(2)9-11(3)18(16,17)13-8-6-5-7-12(13)14/h5-8,10-11,15H,4,9H2,1-3H3. The molecule has 0 saturated heterocycles. The van der Waals surface area contributed by atoms with Crippen LogP contribution in [0.2, 0.25) is 0 Å². The molecule has 0 aromatic heterocycles. The Balaban J connectivity index is 2.90. The van der Waals surface area contributed by atoms with E-state index >= 15 is 0 Å². The van der Waals surface area contributed by atoms with E-state index in [1.807, 2.05) is 13.8 Å². The molecule has 18 heavy (non-hydrogen) atoms. The van der Waals surface area contributed by atoms with E-state index in [-0.39, 0.29) is 10.9 Å². The molecule has 2 unspecified atom stereocenters. The van der Waals surface area contributed by atoms with Crippen molar-refractivity contribution in [3.05, 3.63) is 30.1 Å². The predicted octanol–water partition coefficient (Wildman–Crippen LogP) is 2.38. The zero-order valence-corrected chi connectivity index (χ0v) is 11.8. The highest BCUT2D eigenvalue weighted by atomic mass is 32.2. The largest absolute Gasteiger partial charge is 0.314 e. The molecule has 3 nitrogen and oxygen atoms in total. The summed E-state index contributed by atoms with van der Waals surface area (Å²) >= 11 is 0. The highest BCUT2D eigenvalue weighted by Crippen LogP contribution is 2.21. The van der Waals surface area contributed by atoms with Crippen molar-refractivity contribution in [1.29, 1.82) is 0 Å². The van der Waals surface area contributed by atoms with Gasteiger partial charge in [-0.25, -0.2) is 12.8 Å². The van der Waals surface area contributed by atoms with E-state index in [0.717, 1.165) is 6.54 Å². The molecule has 0 spiro atoms. The van der Waals surface area contributed by atoms with Crippen LogP contribution in [0.15, 0.2) is 29.2 Å². The molecular weight excluding hydrogens is 253 g/mol. The van der Waals surface area contributed by atoms with Crippen LogP contribution in [0.5, 0.6) is 0 Å². The topological polar surface area (TPSA) is 46.2 Å². The van der Waals surface area contributed by atoms with Gasteiger partial charge >= 0.3 is 0 Å². The SMILES string of the molecule is CCNC(C)CC(C)S(=O)(=O)c1ccccc1F. The summed E-state index contributed by atoms with van der Waals surface area (Å²) < 4.78 is 38.0. The summed E-state index contributed by atoms with van der Waals surface area (Å²) in [5.41, 5.74) is 0. The Morgan fingerprint density at radius 1 is 1.28 bits per heavy atom. The van der Waals surface area contributed by atoms with Gasteiger partial charge in [0, 0.05) is 6.04 Å². The molecule has 1 aromatic carbocycles. The maximum absolute atomic E-state index is 13.5. The Kier molecular flexibility index (Phi) is 5.28. The molecule has 0 saturated carbocycles. The van der Waals surface area contributed by atoms with E-state index in [1.54, 1.807) is 6.92 Å². The third kappa shape index (κ3) is 3.53. The fraction of sp³-hybridized carbons (Fsp3) is 0.538. The van der Waals surface area contributed by atoms with Crippen molar-refractivity contribution in [2.24, 2.45) is 0 Å². The van der Waals surface area contributed by atoms with Crippen molar-refractivity contribution in [3.8, 4) is 0 Å². The van der Waals surface area contributed by atoms with E-state index in [2.05, 4.69) is 5.32 Å². The van der Waals surface area contributed by atoms with Crippen molar-refractivity contribution < 1.29 is 12.8 Å². The molecule has 0 aliphatic carbocycles. The van der Waals surface area contributed by atoms with Gasteiger partial charge in [-0.2, -0.15) is 0 Å².